The molecule has 6 atom stereocenters. The molecule has 11 nitrogen and oxygen atoms in total. The fourth-order valence-corrected chi connectivity index (χ4v) is 5.89. The number of thioether (sulfide) groups is 1. The van der Waals surface area contributed by atoms with Crippen molar-refractivity contribution in [3.63, 3.8) is 0 Å². The summed E-state index contributed by atoms with van der Waals surface area (Å²) in [5, 5.41) is 32.5. The second-order valence-corrected chi connectivity index (χ2v) is 10.2. The number of halogens is 2. The zero-order valence-electron chi connectivity index (χ0n) is 17.9. The highest BCUT2D eigenvalue weighted by Crippen LogP contribution is 2.46. The van der Waals surface area contributed by atoms with Crippen molar-refractivity contribution < 1.29 is 23.7 Å². The molecule has 34 heavy (non-hydrogen) atoms. The number of ether oxygens (including phenoxy) is 3. The SMILES string of the molecule is COC1C(n2cc(-n3ccc(F)n3)nn2)[C@H]2OCC(C)(O)C2O[C@@H]1Sc1cc(Br)cnc1C#N. The van der Waals surface area contributed by atoms with Crippen LogP contribution in [-0.4, -0.2) is 77.9 Å². The molecule has 14 heteroatoms. The Kier molecular flexibility index (Phi) is 6.17. The van der Waals surface area contributed by atoms with Crippen LogP contribution >= 0.6 is 27.7 Å². The Morgan fingerprint density at radius 3 is 3.00 bits per heavy atom. The third kappa shape index (κ3) is 4.12. The van der Waals surface area contributed by atoms with Gasteiger partial charge in [0.15, 0.2) is 11.5 Å². The van der Waals surface area contributed by atoms with Crippen molar-refractivity contribution in [3.8, 4) is 11.9 Å². The molecule has 2 aliphatic rings. The molecule has 0 aromatic carbocycles. The summed E-state index contributed by atoms with van der Waals surface area (Å²) in [7, 11) is 1.53. The number of pyridine rings is 1. The van der Waals surface area contributed by atoms with Gasteiger partial charge in [0.1, 0.15) is 41.5 Å². The Hall–Kier alpha value is -2.41. The van der Waals surface area contributed by atoms with Crippen LogP contribution in [0.3, 0.4) is 0 Å². The summed E-state index contributed by atoms with van der Waals surface area (Å²) in [6, 6.07) is 4.52. The summed E-state index contributed by atoms with van der Waals surface area (Å²) >= 11 is 4.65. The second-order valence-electron chi connectivity index (χ2n) is 8.12. The van der Waals surface area contributed by atoms with E-state index in [4.69, 9.17) is 14.2 Å². The van der Waals surface area contributed by atoms with E-state index in [9.17, 15) is 14.8 Å². The van der Waals surface area contributed by atoms with Gasteiger partial charge in [-0.25, -0.2) is 14.3 Å². The van der Waals surface area contributed by atoms with Crippen molar-refractivity contribution >= 4 is 27.7 Å². The number of methoxy groups -OCH3 is 1. The van der Waals surface area contributed by atoms with Gasteiger partial charge in [-0.2, -0.15) is 9.65 Å². The van der Waals surface area contributed by atoms with E-state index in [2.05, 4.69) is 42.4 Å². The van der Waals surface area contributed by atoms with Crippen molar-refractivity contribution in [1.82, 2.24) is 29.8 Å². The quantitative estimate of drug-likeness (QED) is 0.500. The second kappa shape index (κ2) is 8.99. The standard InChI is InChI=1S/C20H19BrFN7O4S/c1-20(30)9-32-16-15(29-8-14(25-27-29)28-4-3-13(22)26-28)17(31-2)19(33-18(16)20)34-12-5-10(21)7-24-11(12)6-23/h3-5,7-8,15-19,30H,9H2,1-2H3/t15?,16-,17?,18?,19-,20?/m1/s1. The molecule has 5 rings (SSSR count). The molecule has 5 heterocycles. The van der Waals surface area contributed by atoms with Gasteiger partial charge in [-0.3, -0.25) is 0 Å². The van der Waals surface area contributed by atoms with E-state index in [1.54, 1.807) is 30.1 Å². The minimum Gasteiger partial charge on any atom is -0.385 e. The number of nitriles is 1. The van der Waals surface area contributed by atoms with Gasteiger partial charge in [0.05, 0.1) is 12.8 Å². The first-order valence-electron chi connectivity index (χ1n) is 10.2. The molecule has 0 bridgehead atoms. The third-order valence-electron chi connectivity index (χ3n) is 5.74. The number of aliphatic hydroxyl groups is 1. The number of aromatic nitrogens is 6. The Labute approximate surface area is 205 Å². The monoisotopic (exact) mass is 551 g/mol. The maximum absolute atomic E-state index is 13.4. The first-order chi connectivity index (χ1) is 16.3. The van der Waals surface area contributed by atoms with Gasteiger partial charge in [-0.15, -0.1) is 10.2 Å². The van der Waals surface area contributed by atoms with Crippen LogP contribution in [0.15, 0.2) is 40.1 Å². The zero-order chi connectivity index (χ0) is 24.0. The van der Waals surface area contributed by atoms with E-state index in [0.29, 0.717) is 15.2 Å². The molecule has 0 amide bonds. The summed E-state index contributed by atoms with van der Waals surface area (Å²) in [5.41, 5.74) is -1.67. The first-order valence-corrected chi connectivity index (χ1v) is 11.9. The van der Waals surface area contributed by atoms with Crippen LogP contribution in [0, 0.1) is 17.3 Å². The Balaban J connectivity index is 1.53. The van der Waals surface area contributed by atoms with Gasteiger partial charge < -0.3 is 19.3 Å². The van der Waals surface area contributed by atoms with Crippen LogP contribution in [0.1, 0.15) is 18.7 Å². The van der Waals surface area contributed by atoms with Gasteiger partial charge in [0.25, 0.3) is 0 Å². The van der Waals surface area contributed by atoms with Gasteiger partial charge in [-0.05, 0) is 28.9 Å². The Morgan fingerprint density at radius 2 is 2.29 bits per heavy atom. The first kappa shape index (κ1) is 23.3. The van der Waals surface area contributed by atoms with Crippen LogP contribution in [0.5, 0.6) is 0 Å². The average molecular weight is 552 g/mol. The third-order valence-corrected chi connectivity index (χ3v) is 7.35. The van der Waals surface area contributed by atoms with Crippen molar-refractivity contribution in [1.29, 1.82) is 5.26 Å². The van der Waals surface area contributed by atoms with Crippen molar-refractivity contribution in [3.05, 3.63) is 46.8 Å². The molecule has 2 aliphatic heterocycles. The van der Waals surface area contributed by atoms with Crippen LogP contribution in [0.4, 0.5) is 4.39 Å². The van der Waals surface area contributed by atoms with Crippen LogP contribution in [-0.2, 0) is 14.2 Å². The smallest absolute Gasteiger partial charge is 0.233 e. The molecule has 0 aliphatic carbocycles. The topological polar surface area (TPSA) is 133 Å². The summed E-state index contributed by atoms with van der Waals surface area (Å²) in [4.78, 5) is 4.75. The Morgan fingerprint density at radius 1 is 1.47 bits per heavy atom. The molecule has 0 radical (unpaired) electrons. The molecule has 1 N–H and O–H groups in total. The minimum atomic E-state index is -1.26. The van der Waals surface area contributed by atoms with E-state index in [1.807, 2.05) is 0 Å². The molecule has 0 saturated carbocycles. The lowest BCUT2D eigenvalue weighted by Gasteiger charge is -2.44. The Bertz CT molecular complexity index is 1250. The minimum absolute atomic E-state index is 0.0560. The lowest BCUT2D eigenvalue weighted by molar-refractivity contribution is -0.182. The van der Waals surface area contributed by atoms with Gasteiger partial charge in [-0.1, -0.05) is 17.0 Å². The van der Waals surface area contributed by atoms with Gasteiger partial charge in [0.2, 0.25) is 5.95 Å². The summed E-state index contributed by atoms with van der Waals surface area (Å²) in [6.45, 7) is 1.70. The number of fused-ring (bicyclic) bond motifs is 1. The van der Waals surface area contributed by atoms with E-state index in [-0.39, 0.29) is 12.3 Å². The molecule has 0 spiro atoms. The van der Waals surface area contributed by atoms with Crippen LogP contribution < -0.4 is 0 Å². The van der Waals surface area contributed by atoms with E-state index in [0.717, 1.165) is 0 Å². The van der Waals surface area contributed by atoms with Gasteiger partial charge in [0, 0.05) is 34.9 Å². The molecule has 3 aromatic rings. The normalized spacial score (nSPS) is 30.8. The number of hydrogen-bond acceptors (Lipinski definition) is 10. The average Bonchev–Trinajstić information content (AvgIpc) is 3.52. The van der Waals surface area contributed by atoms with Crippen molar-refractivity contribution in [2.24, 2.45) is 0 Å². The van der Waals surface area contributed by atoms with E-state index >= 15 is 0 Å². The number of nitrogens with zero attached hydrogens (tertiary/aromatic N) is 7. The summed E-state index contributed by atoms with van der Waals surface area (Å²) in [6.07, 6.45) is 2.66. The van der Waals surface area contributed by atoms with Crippen molar-refractivity contribution in [2.45, 2.75) is 47.2 Å². The summed E-state index contributed by atoms with van der Waals surface area (Å²) in [5.74, 6) is -0.336. The molecular weight excluding hydrogens is 533 g/mol. The fraction of sp³-hybridized carbons (Fsp3) is 0.450. The maximum Gasteiger partial charge on any atom is 0.233 e. The molecule has 178 valence electrons. The predicted molar refractivity (Wildman–Crippen MR) is 118 cm³/mol. The summed E-state index contributed by atoms with van der Waals surface area (Å²) < 4.78 is 35.0. The van der Waals surface area contributed by atoms with Crippen molar-refractivity contribution in [2.75, 3.05) is 13.7 Å². The lowest BCUT2D eigenvalue weighted by atomic mass is 9.90. The predicted octanol–water partition coefficient (Wildman–Crippen LogP) is 1.86. The maximum atomic E-state index is 13.4. The number of hydrogen-bond donors (Lipinski definition) is 1. The fourth-order valence-electron chi connectivity index (χ4n) is 4.17. The lowest BCUT2D eigenvalue weighted by Crippen LogP contribution is -2.57. The molecule has 2 fully saturated rings. The molecular formula is C20H19BrFN7O4S. The van der Waals surface area contributed by atoms with Gasteiger partial charge >= 0.3 is 0 Å². The molecule has 2 saturated heterocycles. The van der Waals surface area contributed by atoms with E-state index in [1.165, 1.54) is 35.8 Å². The van der Waals surface area contributed by atoms with Crippen LogP contribution in [0.2, 0.25) is 0 Å². The highest BCUT2D eigenvalue weighted by molar-refractivity contribution is 9.10. The van der Waals surface area contributed by atoms with E-state index < -0.39 is 41.3 Å². The number of rotatable bonds is 5. The van der Waals surface area contributed by atoms with Crippen LogP contribution in [0.25, 0.3) is 5.82 Å². The zero-order valence-corrected chi connectivity index (χ0v) is 20.3. The highest BCUT2D eigenvalue weighted by Gasteiger charge is 2.58. The largest absolute Gasteiger partial charge is 0.385 e. The molecule has 3 aromatic heterocycles. The molecule has 4 unspecified atom stereocenters. The highest BCUT2D eigenvalue weighted by atomic mass is 79.9.